The molecular weight excluding hydrogens is 370 g/mol. The average molecular weight is 384 g/mol. The van der Waals surface area contributed by atoms with E-state index in [0.29, 0.717) is 11.5 Å². The topological polar surface area (TPSA) is 82.1 Å². The van der Waals surface area contributed by atoms with Crippen LogP contribution in [0.2, 0.25) is 5.02 Å². The highest BCUT2D eigenvalue weighted by atomic mass is 35.5. The number of rotatable bonds is 4. The summed E-state index contributed by atoms with van der Waals surface area (Å²) >= 11 is 6.03. The lowest BCUT2D eigenvalue weighted by molar-refractivity contribution is 0.0734. The van der Waals surface area contributed by atoms with Gasteiger partial charge >= 0.3 is 5.97 Å². The Morgan fingerprint density at radius 3 is 2.56 bits per heavy atom. The second kappa shape index (κ2) is 6.55. The second-order valence-corrected chi connectivity index (χ2v) is 7.89. The molecule has 0 unspecified atom stereocenters. The largest absolute Gasteiger partial charge is 0.454 e. The van der Waals surface area contributed by atoms with Crippen LogP contribution < -0.4 is 14.2 Å². The van der Waals surface area contributed by atoms with Crippen LogP contribution in [0.1, 0.15) is 10.4 Å². The summed E-state index contributed by atoms with van der Waals surface area (Å²) in [7, 11) is -0.905. The molecule has 0 saturated carbocycles. The van der Waals surface area contributed by atoms with E-state index in [1.54, 1.807) is 12.1 Å². The van der Waals surface area contributed by atoms with Gasteiger partial charge in [0.15, 0.2) is 11.5 Å². The van der Waals surface area contributed by atoms with Crippen molar-refractivity contribution in [1.29, 1.82) is 0 Å². The molecule has 0 aliphatic carbocycles. The van der Waals surface area contributed by atoms with E-state index in [0.717, 1.165) is 4.31 Å². The van der Waals surface area contributed by atoms with Crippen molar-refractivity contribution in [3.05, 3.63) is 47.0 Å². The van der Waals surface area contributed by atoms with E-state index in [1.165, 1.54) is 38.4 Å². The second-order valence-electron chi connectivity index (χ2n) is 5.33. The Balaban J connectivity index is 1.89. The molecule has 0 radical (unpaired) electrons. The first kappa shape index (κ1) is 17.5. The quantitative estimate of drug-likeness (QED) is 0.596. The number of sulfonamides is 1. The standard InChI is InChI=1S/C16H14ClNO6S/c1-18(2)25(20,21)11-4-5-13(17)12(8-11)16(19)24-10-3-6-14-15(7-10)23-9-22-14/h3-8H,9H2,1-2H3. The molecule has 9 heteroatoms. The van der Waals surface area contributed by atoms with Crippen molar-refractivity contribution in [2.45, 2.75) is 4.90 Å². The number of ether oxygens (including phenoxy) is 3. The van der Waals surface area contributed by atoms with Gasteiger partial charge in [-0.25, -0.2) is 17.5 Å². The number of esters is 1. The molecule has 0 saturated heterocycles. The molecular formula is C16H14ClNO6S. The highest BCUT2D eigenvalue weighted by Crippen LogP contribution is 2.35. The summed E-state index contributed by atoms with van der Waals surface area (Å²) in [6, 6.07) is 8.52. The third-order valence-electron chi connectivity index (χ3n) is 3.49. The van der Waals surface area contributed by atoms with Crippen molar-refractivity contribution in [2.24, 2.45) is 0 Å². The number of nitrogens with zero attached hydrogens (tertiary/aromatic N) is 1. The average Bonchev–Trinajstić information content (AvgIpc) is 3.02. The third kappa shape index (κ3) is 3.41. The molecule has 0 bridgehead atoms. The Kier molecular flexibility index (Phi) is 4.59. The van der Waals surface area contributed by atoms with Crippen molar-refractivity contribution in [3.8, 4) is 17.2 Å². The number of carbonyl (C=O) groups excluding carboxylic acids is 1. The van der Waals surface area contributed by atoms with Gasteiger partial charge in [0.05, 0.1) is 15.5 Å². The van der Waals surface area contributed by atoms with Gasteiger partial charge in [-0.15, -0.1) is 0 Å². The van der Waals surface area contributed by atoms with Crippen molar-refractivity contribution < 1.29 is 27.4 Å². The SMILES string of the molecule is CN(C)S(=O)(=O)c1ccc(Cl)c(C(=O)Oc2ccc3c(c2)OCO3)c1. The van der Waals surface area contributed by atoms with E-state index in [9.17, 15) is 13.2 Å². The molecule has 0 spiro atoms. The maximum atomic E-state index is 12.4. The molecule has 0 N–H and O–H groups in total. The van der Waals surface area contributed by atoms with E-state index >= 15 is 0 Å². The zero-order chi connectivity index (χ0) is 18.2. The molecule has 0 fully saturated rings. The Morgan fingerprint density at radius 2 is 1.84 bits per heavy atom. The van der Waals surface area contributed by atoms with Gasteiger partial charge in [-0.05, 0) is 30.3 Å². The smallest absolute Gasteiger partial charge is 0.345 e. The lowest BCUT2D eigenvalue weighted by Crippen LogP contribution is -2.22. The zero-order valence-electron chi connectivity index (χ0n) is 13.4. The maximum absolute atomic E-state index is 12.4. The van der Waals surface area contributed by atoms with E-state index in [1.807, 2.05) is 0 Å². The number of fused-ring (bicyclic) bond motifs is 1. The van der Waals surface area contributed by atoms with Crippen LogP contribution in [0.25, 0.3) is 0 Å². The van der Waals surface area contributed by atoms with Gasteiger partial charge in [0, 0.05) is 20.2 Å². The molecule has 0 amide bonds. The van der Waals surface area contributed by atoms with Crippen LogP contribution in [-0.4, -0.2) is 39.6 Å². The van der Waals surface area contributed by atoms with E-state index in [4.69, 9.17) is 25.8 Å². The molecule has 132 valence electrons. The minimum Gasteiger partial charge on any atom is -0.454 e. The predicted molar refractivity (Wildman–Crippen MR) is 89.8 cm³/mol. The number of hydrogen-bond acceptors (Lipinski definition) is 6. The Bertz CT molecular complexity index is 942. The molecule has 1 aliphatic rings. The fourth-order valence-electron chi connectivity index (χ4n) is 2.13. The van der Waals surface area contributed by atoms with Crippen molar-refractivity contribution in [1.82, 2.24) is 4.31 Å². The van der Waals surface area contributed by atoms with Gasteiger partial charge < -0.3 is 14.2 Å². The summed E-state index contributed by atoms with van der Waals surface area (Å²) in [5.41, 5.74) is -0.0535. The van der Waals surface area contributed by atoms with Gasteiger partial charge in [0.2, 0.25) is 16.8 Å². The first-order valence-electron chi connectivity index (χ1n) is 7.13. The highest BCUT2D eigenvalue weighted by Gasteiger charge is 2.22. The lowest BCUT2D eigenvalue weighted by Gasteiger charge is -2.13. The molecule has 0 aromatic heterocycles. The fourth-order valence-corrected chi connectivity index (χ4v) is 3.26. The Hall–Kier alpha value is -2.29. The van der Waals surface area contributed by atoms with Crippen LogP contribution >= 0.6 is 11.6 Å². The van der Waals surface area contributed by atoms with Gasteiger partial charge in [-0.2, -0.15) is 0 Å². The number of hydrogen-bond donors (Lipinski definition) is 0. The summed E-state index contributed by atoms with van der Waals surface area (Å²) in [5, 5.41) is 0.0865. The van der Waals surface area contributed by atoms with Crippen molar-refractivity contribution >= 4 is 27.6 Å². The van der Waals surface area contributed by atoms with Crippen LogP contribution in [-0.2, 0) is 10.0 Å². The monoisotopic (exact) mass is 383 g/mol. The minimum absolute atomic E-state index is 0.0535. The van der Waals surface area contributed by atoms with Crippen LogP contribution in [0.4, 0.5) is 0 Å². The molecule has 2 aromatic carbocycles. The molecule has 1 heterocycles. The van der Waals surface area contributed by atoms with Crippen LogP contribution in [0, 0.1) is 0 Å². The number of carbonyl (C=O) groups is 1. The highest BCUT2D eigenvalue weighted by molar-refractivity contribution is 7.89. The van der Waals surface area contributed by atoms with Gasteiger partial charge in [0.25, 0.3) is 0 Å². The molecule has 1 aliphatic heterocycles. The molecule has 0 atom stereocenters. The van der Waals surface area contributed by atoms with Crippen molar-refractivity contribution in [3.63, 3.8) is 0 Å². The van der Waals surface area contributed by atoms with Crippen LogP contribution in [0.15, 0.2) is 41.3 Å². The summed E-state index contributed by atoms with van der Waals surface area (Å²) < 4.78 is 41.1. The zero-order valence-corrected chi connectivity index (χ0v) is 14.9. The number of benzene rings is 2. The summed E-state index contributed by atoms with van der Waals surface area (Å²) in [6.45, 7) is 0.100. The maximum Gasteiger partial charge on any atom is 0.345 e. The molecule has 2 aromatic rings. The molecule has 25 heavy (non-hydrogen) atoms. The van der Waals surface area contributed by atoms with E-state index < -0.39 is 16.0 Å². The van der Waals surface area contributed by atoms with Crippen LogP contribution in [0.3, 0.4) is 0 Å². The normalized spacial score (nSPS) is 13.1. The summed E-state index contributed by atoms with van der Waals surface area (Å²) in [6.07, 6.45) is 0. The molecule has 7 nitrogen and oxygen atoms in total. The first-order valence-corrected chi connectivity index (χ1v) is 8.95. The molecule has 3 rings (SSSR count). The van der Waals surface area contributed by atoms with Crippen LogP contribution in [0.5, 0.6) is 17.2 Å². The van der Waals surface area contributed by atoms with E-state index in [2.05, 4.69) is 0 Å². The number of halogens is 1. The van der Waals surface area contributed by atoms with Gasteiger partial charge in [-0.1, -0.05) is 11.6 Å². The first-order chi connectivity index (χ1) is 11.8. The lowest BCUT2D eigenvalue weighted by atomic mass is 10.2. The Labute approximate surface area is 149 Å². The Morgan fingerprint density at radius 1 is 1.12 bits per heavy atom. The third-order valence-corrected chi connectivity index (χ3v) is 5.63. The minimum atomic E-state index is -3.70. The van der Waals surface area contributed by atoms with E-state index in [-0.39, 0.29) is 28.0 Å². The van der Waals surface area contributed by atoms with Gasteiger partial charge in [0.1, 0.15) is 5.75 Å². The van der Waals surface area contributed by atoms with Crippen molar-refractivity contribution in [2.75, 3.05) is 20.9 Å². The van der Waals surface area contributed by atoms with Gasteiger partial charge in [-0.3, -0.25) is 0 Å². The predicted octanol–water partition coefficient (Wildman–Crippen LogP) is 2.54. The summed E-state index contributed by atoms with van der Waals surface area (Å²) in [5.74, 6) is 0.461. The fraction of sp³-hybridized carbons (Fsp3) is 0.188. The summed E-state index contributed by atoms with van der Waals surface area (Å²) in [4.78, 5) is 12.3.